The minimum atomic E-state index is 0.349. The van der Waals surface area contributed by atoms with Gasteiger partial charge in [0.2, 0.25) is 0 Å². The maximum atomic E-state index is 4.47. The van der Waals surface area contributed by atoms with E-state index >= 15 is 0 Å². The van der Waals surface area contributed by atoms with E-state index in [2.05, 4.69) is 47.7 Å². The van der Waals surface area contributed by atoms with Crippen molar-refractivity contribution in [3.8, 4) is 0 Å². The third kappa shape index (κ3) is 3.56. The van der Waals surface area contributed by atoms with Crippen LogP contribution in [0.5, 0.6) is 0 Å². The molecule has 2 rings (SSSR count). The summed E-state index contributed by atoms with van der Waals surface area (Å²) < 4.78 is 0.349. The summed E-state index contributed by atoms with van der Waals surface area (Å²) in [4.78, 5) is 6.90. The summed E-state index contributed by atoms with van der Waals surface area (Å²) in [5, 5.41) is 3.65. The fourth-order valence-corrected chi connectivity index (χ4v) is 3.89. The summed E-state index contributed by atoms with van der Waals surface area (Å²) in [5.41, 5.74) is 0. The third-order valence-electron chi connectivity index (χ3n) is 3.83. The summed E-state index contributed by atoms with van der Waals surface area (Å²) >= 11 is 2.07. The number of nitrogens with zero attached hydrogens (tertiary/aromatic N) is 2. The first-order chi connectivity index (χ1) is 8.55. The summed E-state index contributed by atoms with van der Waals surface area (Å²) in [7, 11) is 1.91. The number of hydrogen-bond acceptors (Lipinski definition) is 2. The van der Waals surface area contributed by atoms with Gasteiger partial charge >= 0.3 is 0 Å². The van der Waals surface area contributed by atoms with Gasteiger partial charge in [0.1, 0.15) is 0 Å². The van der Waals surface area contributed by atoms with Crippen molar-refractivity contribution in [2.24, 2.45) is 10.9 Å². The SMILES string of the molecule is CCCC1CC1NC(=NC)N1CCSC(C)(C)C1. The van der Waals surface area contributed by atoms with Crippen molar-refractivity contribution in [2.75, 3.05) is 25.9 Å². The topological polar surface area (TPSA) is 27.6 Å². The molecule has 2 unspecified atom stereocenters. The zero-order valence-electron chi connectivity index (χ0n) is 12.2. The van der Waals surface area contributed by atoms with E-state index in [9.17, 15) is 0 Å². The van der Waals surface area contributed by atoms with Crippen LogP contribution in [0.4, 0.5) is 0 Å². The predicted molar refractivity (Wildman–Crippen MR) is 81.4 cm³/mol. The average molecular weight is 269 g/mol. The Morgan fingerprint density at radius 1 is 1.50 bits per heavy atom. The van der Waals surface area contributed by atoms with Gasteiger partial charge in [-0.05, 0) is 32.6 Å². The second-order valence-electron chi connectivity index (χ2n) is 6.11. The molecule has 0 spiro atoms. The standard InChI is InChI=1S/C14H27N3S/c1-5-6-11-9-12(11)16-13(15-4)17-7-8-18-14(2,3)10-17/h11-12H,5-10H2,1-4H3,(H,15,16). The van der Waals surface area contributed by atoms with Crippen molar-refractivity contribution in [3.63, 3.8) is 0 Å². The highest BCUT2D eigenvalue weighted by atomic mass is 32.2. The highest BCUT2D eigenvalue weighted by Crippen LogP contribution is 2.35. The van der Waals surface area contributed by atoms with Gasteiger partial charge < -0.3 is 10.2 Å². The molecule has 2 aliphatic rings. The van der Waals surface area contributed by atoms with Gasteiger partial charge in [-0.3, -0.25) is 4.99 Å². The summed E-state index contributed by atoms with van der Waals surface area (Å²) in [5.74, 6) is 3.21. The van der Waals surface area contributed by atoms with Crippen molar-refractivity contribution in [2.45, 2.75) is 50.8 Å². The monoisotopic (exact) mass is 269 g/mol. The number of guanidine groups is 1. The lowest BCUT2D eigenvalue weighted by molar-refractivity contribution is 0.374. The van der Waals surface area contributed by atoms with Crippen LogP contribution in [0, 0.1) is 5.92 Å². The first-order valence-corrected chi connectivity index (χ1v) is 8.16. The van der Waals surface area contributed by atoms with E-state index in [0.717, 1.165) is 25.0 Å². The summed E-state index contributed by atoms with van der Waals surface area (Å²) in [6.07, 6.45) is 3.99. The van der Waals surface area contributed by atoms with E-state index in [4.69, 9.17) is 0 Å². The Kier molecular flexibility index (Phi) is 4.46. The van der Waals surface area contributed by atoms with Crippen LogP contribution < -0.4 is 5.32 Å². The van der Waals surface area contributed by atoms with Crippen LogP contribution in [-0.2, 0) is 0 Å². The molecule has 0 amide bonds. The lowest BCUT2D eigenvalue weighted by Crippen LogP contribution is -2.51. The molecule has 3 nitrogen and oxygen atoms in total. The Morgan fingerprint density at radius 3 is 2.89 bits per heavy atom. The van der Waals surface area contributed by atoms with Gasteiger partial charge in [-0.2, -0.15) is 11.8 Å². The number of nitrogens with one attached hydrogen (secondary N) is 1. The Morgan fingerprint density at radius 2 is 2.28 bits per heavy atom. The zero-order valence-corrected chi connectivity index (χ0v) is 13.0. The molecule has 18 heavy (non-hydrogen) atoms. The zero-order chi connectivity index (χ0) is 13.2. The molecule has 2 fully saturated rings. The van der Waals surface area contributed by atoms with Crippen molar-refractivity contribution < 1.29 is 0 Å². The highest BCUT2D eigenvalue weighted by Gasteiger charge is 2.38. The van der Waals surface area contributed by atoms with E-state index in [0.29, 0.717) is 10.8 Å². The second kappa shape index (κ2) is 5.72. The molecule has 1 N–H and O–H groups in total. The molecule has 0 aromatic heterocycles. The maximum Gasteiger partial charge on any atom is 0.193 e. The molecule has 4 heteroatoms. The lowest BCUT2D eigenvalue weighted by Gasteiger charge is -2.39. The van der Waals surface area contributed by atoms with Crippen molar-refractivity contribution in [1.29, 1.82) is 0 Å². The Bertz CT molecular complexity index is 314. The van der Waals surface area contributed by atoms with Crippen LogP contribution in [0.25, 0.3) is 0 Å². The summed E-state index contributed by atoms with van der Waals surface area (Å²) in [6.45, 7) is 9.15. The first kappa shape index (κ1) is 14.0. The molecular formula is C14H27N3S. The Hall–Kier alpha value is -0.380. The highest BCUT2D eigenvalue weighted by molar-refractivity contribution is 8.00. The van der Waals surface area contributed by atoms with Crippen LogP contribution >= 0.6 is 11.8 Å². The molecule has 1 aliphatic heterocycles. The molecular weight excluding hydrogens is 242 g/mol. The molecule has 0 bridgehead atoms. The molecule has 2 atom stereocenters. The van der Waals surface area contributed by atoms with Crippen molar-refractivity contribution in [1.82, 2.24) is 10.2 Å². The Labute approximate surface area is 116 Å². The quantitative estimate of drug-likeness (QED) is 0.630. The fraction of sp³-hybridized carbons (Fsp3) is 0.929. The van der Waals surface area contributed by atoms with Crippen LogP contribution in [0.2, 0.25) is 0 Å². The fourth-order valence-electron chi connectivity index (χ4n) is 2.77. The second-order valence-corrected chi connectivity index (χ2v) is 7.91. The molecule has 0 aromatic carbocycles. The third-order valence-corrected chi connectivity index (χ3v) is 5.13. The van der Waals surface area contributed by atoms with Gasteiger partial charge in [-0.15, -0.1) is 0 Å². The van der Waals surface area contributed by atoms with Crippen LogP contribution in [0.1, 0.15) is 40.0 Å². The van der Waals surface area contributed by atoms with Gasteiger partial charge in [0, 0.05) is 36.7 Å². The number of hydrogen-bond donors (Lipinski definition) is 1. The smallest absolute Gasteiger partial charge is 0.193 e. The van der Waals surface area contributed by atoms with E-state index in [1.165, 1.54) is 25.0 Å². The van der Waals surface area contributed by atoms with E-state index in [1.807, 2.05) is 7.05 Å². The van der Waals surface area contributed by atoms with E-state index < -0.39 is 0 Å². The van der Waals surface area contributed by atoms with Crippen LogP contribution in [0.15, 0.2) is 4.99 Å². The average Bonchev–Trinajstić information content (AvgIpc) is 3.03. The number of rotatable bonds is 3. The van der Waals surface area contributed by atoms with Crippen molar-refractivity contribution in [3.05, 3.63) is 0 Å². The molecule has 1 saturated heterocycles. The van der Waals surface area contributed by atoms with Gasteiger partial charge in [-0.1, -0.05) is 13.3 Å². The maximum absolute atomic E-state index is 4.47. The molecule has 104 valence electrons. The normalized spacial score (nSPS) is 31.3. The molecule has 1 heterocycles. The number of aliphatic imine (C=N–C) groups is 1. The molecule has 0 radical (unpaired) electrons. The van der Waals surface area contributed by atoms with E-state index in [-0.39, 0.29) is 0 Å². The molecule has 0 aromatic rings. The summed E-state index contributed by atoms with van der Waals surface area (Å²) in [6, 6.07) is 0.682. The van der Waals surface area contributed by atoms with Crippen molar-refractivity contribution >= 4 is 17.7 Å². The van der Waals surface area contributed by atoms with Crippen LogP contribution in [0.3, 0.4) is 0 Å². The number of thioether (sulfide) groups is 1. The predicted octanol–water partition coefficient (Wildman–Crippen LogP) is 2.58. The van der Waals surface area contributed by atoms with E-state index in [1.54, 1.807) is 0 Å². The molecule has 1 aliphatic carbocycles. The largest absolute Gasteiger partial charge is 0.353 e. The Balaban J connectivity index is 1.86. The minimum Gasteiger partial charge on any atom is -0.353 e. The van der Waals surface area contributed by atoms with Gasteiger partial charge in [0.05, 0.1) is 0 Å². The first-order valence-electron chi connectivity index (χ1n) is 7.18. The lowest BCUT2D eigenvalue weighted by atomic mass is 10.2. The van der Waals surface area contributed by atoms with Gasteiger partial charge in [0.15, 0.2) is 5.96 Å². The van der Waals surface area contributed by atoms with Crippen LogP contribution in [-0.4, -0.2) is 47.5 Å². The molecule has 1 saturated carbocycles. The van der Waals surface area contributed by atoms with Gasteiger partial charge in [-0.25, -0.2) is 0 Å². The minimum absolute atomic E-state index is 0.349. The van der Waals surface area contributed by atoms with Gasteiger partial charge in [0.25, 0.3) is 0 Å².